The number of rotatable bonds is 1. The Labute approximate surface area is 387 Å². The lowest BCUT2D eigenvalue weighted by atomic mass is 9.44. The summed E-state index contributed by atoms with van der Waals surface area (Å²) in [5.74, 6) is 0. The van der Waals surface area contributed by atoms with Crippen molar-refractivity contribution >= 4 is 126 Å². The van der Waals surface area contributed by atoms with Crippen molar-refractivity contribution in [2.45, 2.75) is 77.6 Å². The first-order chi connectivity index (χ1) is 31.8. The van der Waals surface area contributed by atoms with Gasteiger partial charge in [0.25, 0.3) is 0 Å². The Morgan fingerprint density at radius 2 is 1.26 bits per heavy atom. The highest BCUT2D eigenvalue weighted by molar-refractivity contribution is 7.26. The van der Waals surface area contributed by atoms with Gasteiger partial charge in [-0.1, -0.05) is 115 Å². The number of hydrogen-bond donors (Lipinski definition) is 0. The summed E-state index contributed by atoms with van der Waals surface area (Å²) >= 11 is 1.90. The fraction of sp³-hybridized carbons (Fsp3) is 0.200. The lowest BCUT2D eigenvalue weighted by Crippen LogP contribution is -2.60. The first kappa shape index (κ1) is 37.5. The number of benzene rings is 8. The van der Waals surface area contributed by atoms with E-state index in [0.29, 0.717) is 0 Å². The van der Waals surface area contributed by atoms with Crippen molar-refractivity contribution in [1.82, 2.24) is 4.57 Å². The summed E-state index contributed by atoms with van der Waals surface area (Å²) in [5.41, 5.74) is 19.3. The van der Waals surface area contributed by atoms with Crippen LogP contribution < -0.4 is 15.7 Å². The van der Waals surface area contributed by atoms with Crippen LogP contribution in [0.2, 0.25) is 0 Å². The minimum Gasteiger partial charge on any atom is -0.456 e. The SMILES string of the molecule is CC(C)(C)c1ccc(N2B3c4cc5c(cc4-n4c6ccc7oc8ccccc8c7c6c6ccc(c3c64)-c3cc4oc6cc7c(cc6c4cc32)C(C)(C)CCC7(C)C)sc2ccccc25)cc1. The fourth-order valence-electron chi connectivity index (χ4n) is 12.6. The van der Waals surface area contributed by atoms with Crippen molar-refractivity contribution in [3.63, 3.8) is 0 Å². The minimum absolute atomic E-state index is 0.0209. The van der Waals surface area contributed by atoms with Crippen molar-refractivity contribution in [3.8, 4) is 16.8 Å². The predicted octanol–water partition coefficient (Wildman–Crippen LogP) is 15.8. The van der Waals surface area contributed by atoms with E-state index >= 15 is 0 Å². The first-order valence-electron chi connectivity index (χ1n) is 23.6. The van der Waals surface area contributed by atoms with Gasteiger partial charge in [0, 0.05) is 75.1 Å². The highest BCUT2D eigenvalue weighted by atomic mass is 32.1. The van der Waals surface area contributed by atoms with Crippen LogP contribution in [-0.2, 0) is 16.2 Å². The van der Waals surface area contributed by atoms with Gasteiger partial charge in [-0.2, -0.15) is 0 Å². The van der Waals surface area contributed by atoms with Crippen molar-refractivity contribution in [2.75, 3.05) is 4.81 Å². The van der Waals surface area contributed by atoms with Gasteiger partial charge in [0.15, 0.2) is 0 Å². The van der Waals surface area contributed by atoms with Gasteiger partial charge in [0.1, 0.15) is 22.3 Å². The zero-order chi connectivity index (χ0) is 44.3. The molecule has 1 aliphatic carbocycles. The van der Waals surface area contributed by atoms with E-state index in [1.54, 1.807) is 0 Å². The van der Waals surface area contributed by atoms with Crippen molar-refractivity contribution in [1.29, 1.82) is 0 Å². The third-order valence-electron chi connectivity index (χ3n) is 16.2. The maximum atomic E-state index is 7.04. The average molecular weight is 871 g/mol. The summed E-state index contributed by atoms with van der Waals surface area (Å²) in [6, 6.07) is 50.9. The van der Waals surface area contributed by atoms with E-state index in [1.165, 1.54) is 120 Å². The molecule has 0 N–H and O–H groups in total. The van der Waals surface area contributed by atoms with Gasteiger partial charge in [-0.15, -0.1) is 11.3 Å². The second-order valence-corrected chi connectivity index (χ2v) is 23.0. The van der Waals surface area contributed by atoms with E-state index in [1.807, 2.05) is 11.3 Å². The summed E-state index contributed by atoms with van der Waals surface area (Å²) in [5, 5.41) is 9.82. The van der Waals surface area contributed by atoms with Crippen molar-refractivity contribution < 1.29 is 8.83 Å². The molecule has 15 rings (SSSR count). The van der Waals surface area contributed by atoms with E-state index in [4.69, 9.17) is 8.83 Å². The number of para-hydroxylation sites is 1. The second kappa shape index (κ2) is 12.2. The van der Waals surface area contributed by atoms with Gasteiger partial charge in [-0.05, 0) is 129 Å². The van der Waals surface area contributed by atoms with Gasteiger partial charge < -0.3 is 18.2 Å². The summed E-state index contributed by atoms with van der Waals surface area (Å²) in [6.45, 7) is 16.4. The number of anilines is 2. The molecule has 2 aliphatic heterocycles. The third-order valence-corrected chi connectivity index (χ3v) is 17.3. The lowest BCUT2D eigenvalue weighted by molar-refractivity contribution is 0.332. The van der Waals surface area contributed by atoms with Crippen LogP contribution in [-0.4, -0.2) is 11.4 Å². The summed E-state index contributed by atoms with van der Waals surface area (Å²) in [7, 11) is 0. The fourth-order valence-corrected chi connectivity index (χ4v) is 13.8. The van der Waals surface area contributed by atoms with E-state index in [-0.39, 0.29) is 23.1 Å². The molecule has 3 aliphatic rings. The highest BCUT2D eigenvalue weighted by Gasteiger charge is 2.45. The molecular formula is C60H47BN2O2S. The maximum absolute atomic E-state index is 7.04. The molecule has 6 heterocycles. The van der Waals surface area contributed by atoms with Crippen LogP contribution in [0.15, 0.2) is 142 Å². The molecule has 0 saturated carbocycles. The molecule has 0 bridgehead atoms. The maximum Gasteiger partial charge on any atom is 0.333 e. The van der Waals surface area contributed by atoms with Crippen LogP contribution in [0.1, 0.15) is 78.0 Å². The lowest BCUT2D eigenvalue weighted by Gasteiger charge is -2.42. The highest BCUT2D eigenvalue weighted by Crippen LogP contribution is 2.52. The third kappa shape index (κ3) is 4.70. The molecule has 0 saturated heterocycles. The van der Waals surface area contributed by atoms with Gasteiger partial charge >= 0.3 is 6.85 Å². The number of hydrogen-bond acceptors (Lipinski definition) is 4. The summed E-state index contributed by atoms with van der Waals surface area (Å²) in [4.78, 5) is 2.68. The van der Waals surface area contributed by atoms with Crippen LogP contribution >= 0.6 is 11.3 Å². The number of fused-ring (bicyclic) bond motifs is 19. The molecule has 0 spiro atoms. The number of thiophene rings is 1. The molecule has 66 heavy (non-hydrogen) atoms. The number of aromatic nitrogens is 1. The van der Waals surface area contributed by atoms with Crippen LogP contribution in [0.4, 0.5) is 11.4 Å². The van der Waals surface area contributed by atoms with E-state index in [2.05, 4.69) is 191 Å². The Bertz CT molecular complexity index is 4170. The Morgan fingerprint density at radius 3 is 2.06 bits per heavy atom. The molecule has 0 atom stereocenters. The Hall–Kier alpha value is -6.76. The molecule has 8 aromatic carbocycles. The molecule has 6 heteroatoms. The number of furan rings is 2. The van der Waals surface area contributed by atoms with Crippen LogP contribution in [0.3, 0.4) is 0 Å². The molecule has 0 unspecified atom stereocenters. The molecule has 4 nitrogen and oxygen atoms in total. The molecule has 0 amide bonds. The zero-order valence-electron chi connectivity index (χ0n) is 38.3. The monoisotopic (exact) mass is 870 g/mol. The molecule has 4 aromatic heterocycles. The van der Waals surface area contributed by atoms with Gasteiger partial charge in [-0.25, -0.2) is 0 Å². The topological polar surface area (TPSA) is 34.5 Å². The first-order valence-corrected chi connectivity index (χ1v) is 24.5. The molecule has 12 aromatic rings. The smallest absolute Gasteiger partial charge is 0.333 e. The molecule has 318 valence electrons. The van der Waals surface area contributed by atoms with Crippen molar-refractivity contribution in [3.05, 3.63) is 150 Å². The Kier molecular flexibility index (Phi) is 6.91. The Balaban J connectivity index is 1.11. The zero-order valence-corrected chi connectivity index (χ0v) is 39.1. The quantitative estimate of drug-likeness (QED) is 0.154. The number of nitrogens with zero attached hydrogens (tertiary/aromatic N) is 2. The normalized spacial score (nSPS) is 16.2. The van der Waals surface area contributed by atoms with Crippen molar-refractivity contribution in [2.24, 2.45) is 0 Å². The van der Waals surface area contributed by atoms with Gasteiger partial charge in [0.05, 0.1) is 11.0 Å². The van der Waals surface area contributed by atoms with E-state index < -0.39 is 0 Å². The molecule has 0 radical (unpaired) electrons. The average Bonchev–Trinajstić information content (AvgIpc) is 4.06. The minimum atomic E-state index is -0.119. The van der Waals surface area contributed by atoms with Gasteiger partial charge in [0.2, 0.25) is 0 Å². The van der Waals surface area contributed by atoms with E-state index in [0.717, 1.165) is 34.1 Å². The van der Waals surface area contributed by atoms with E-state index in [9.17, 15) is 0 Å². The van der Waals surface area contributed by atoms with Crippen LogP contribution in [0, 0.1) is 0 Å². The molecule has 0 fully saturated rings. The molecular weight excluding hydrogens is 824 g/mol. The predicted molar refractivity (Wildman–Crippen MR) is 281 cm³/mol. The van der Waals surface area contributed by atoms with Crippen LogP contribution in [0.25, 0.3) is 103 Å². The largest absolute Gasteiger partial charge is 0.456 e. The van der Waals surface area contributed by atoms with Crippen LogP contribution in [0.5, 0.6) is 0 Å². The second-order valence-electron chi connectivity index (χ2n) is 21.9. The standard InChI is InChI=1S/C60H47BN2O2S/c1-58(2,3)32-16-18-33(19-17-32)63-46-28-40-39-26-42-43(60(6,7)25-24-59(42,4)5)30-51(39)65-50(40)29-38(46)35-20-21-37-54-45(22-23-49-55(54)36-13-8-10-14-48(36)64-49)62-47-31-53-41(34-12-9-11-15-52(34)66-53)27-44(47)61(63)56(35)57(37)62/h8-23,26-31H,24-25H2,1-7H3. The Morgan fingerprint density at radius 1 is 0.545 bits per heavy atom. The summed E-state index contributed by atoms with van der Waals surface area (Å²) in [6.07, 6.45) is 2.33. The van der Waals surface area contributed by atoms with Gasteiger partial charge in [-0.3, -0.25) is 0 Å². The summed E-state index contributed by atoms with van der Waals surface area (Å²) < 4.78 is 18.8.